The molecule has 0 bridgehead atoms. The SMILES string of the molecule is CNCCc1nc(-c2ccccc2)oc1C. The maximum absolute atomic E-state index is 5.66. The molecule has 1 heterocycles. The molecule has 16 heavy (non-hydrogen) atoms. The van der Waals surface area contributed by atoms with Gasteiger partial charge < -0.3 is 9.73 Å². The predicted octanol–water partition coefficient (Wildman–Crippen LogP) is 2.41. The maximum Gasteiger partial charge on any atom is 0.226 e. The van der Waals surface area contributed by atoms with Crippen LogP contribution in [0.4, 0.5) is 0 Å². The average Bonchev–Trinajstić information content (AvgIpc) is 2.69. The van der Waals surface area contributed by atoms with Crippen molar-refractivity contribution in [1.82, 2.24) is 10.3 Å². The second-order valence-electron chi connectivity index (χ2n) is 3.74. The number of nitrogens with zero attached hydrogens (tertiary/aromatic N) is 1. The van der Waals surface area contributed by atoms with Gasteiger partial charge in [0.2, 0.25) is 5.89 Å². The minimum absolute atomic E-state index is 0.712. The molecular weight excluding hydrogens is 200 g/mol. The number of oxazole rings is 1. The molecular formula is C13H16N2O. The van der Waals surface area contributed by atoms with Gasteiger partial charge in [-0.05, 0) is 26.1 Å². The van der Waals surface area contributed by atoms with Crippen molar-refractivity contribution in [3.8, 4) is 11.5 Å². The summed E-state index contributed by atoms with van der Waals surface area (Å²) in [5.74, 6) is 1.62. The number of benzene rings is 1. The monoisotopic (exact) mass is 216 g/mol. The molecule has 2 rings (SSSR count). The van der Waals surface area contributed by atoms with Gasteiger partial charge in [-0.25, -0.2) is 4.98 Å². The van der Waals surface area contributed by atoms with Crippen LogP contribution in [0.3, 0.4) is 0 Å². The van der Waals surface area contributed by atoms with Crippen LogP contribution in [-0.2, 0) is 6.42 Å². The zero-order valence-corrected chi connectivity index (χ0v) is 9.66. The number of aromatic nitrogens is 1. The van der Waals surface area contributed by atoms with Crippen molar-refractivity contribution in [1.29, 1.82) is 0 Å². The van der Waals surface area contributed by atoms with E-state index in [1.807, 2.05) is 44.3 Å². The zero-order chi connectivity index (χ0) is 11.4. The third kappa shape index (κ3) is 2.31. The van der Waals surface area contributed by atoms with E-state index in [1.165, 1.54) is 0 Å². The number of aryl methyl sites for hydroxylation is 1. The Morgan fingerprint density at radius 1 is 1.25 bits per heavy atom. The topological polar surface area (TPSA) is 38.1 Å². The highest BCUT2D eigenvalue weighted by molar-refractivity contribution is 5.53. The summed E-state index contributed by atoms with van der Waals surface area (Å²) in [4.78, 5) is 4.51. The molecule has 0 atom stereocenters. The first kappa shape index (κ1) is 10.9. The van der Waals surface area contributed by atoms with Gasteiger partial charge in [-0.15, -0.1) is 0 Å². The number of likely N-dealkylation sites (N-methyl/N-ethyl adjacent to an activating group) is 1. The van der Waals surface area contributed by atoms with Gasteiger partial charge in [0, 0.05) is 18.5 Å². The standard InChI is InChI=1S/C13H16N2O/c1-10-12(8-9-14-2)15-13(16-10)11-6-4-3-5-7-11/h3-7,14H,8-9H2,1-2H3. The summed E-state index contributed by atoms with van der Waals surface area (Å²) in [6.45, 7) is 2.88. The Labute approximate surface area is 95.5 Å². The van der Waals surface area contributed by atoms with Gasteiger partial charge in [-0.3, -0.25) is 0 Å². The van der Waals surface area contributed by atoms with Crippen LogP contribution in [0.2, 0.25) is 0 Å². The highest BCUT2D eigenvalue weighted by atomic mass is 16.4. The lowest BCUT2D eigenvalue weighted by Gasteiger charge is -1.94. The molecule has 3 nitrogen and oxygen atoms in total. The smallest absolute Gasteiger partial charge is 0.226 e. The van der Waals surface area contributed by atoms with E-state index in [0.29, 0.717) is 5.89 Å². The average molecular weight is 216 g/mol. The Hall–Kier alpha value is -1.61. The molecule has 0 saturated carbocycles. The maximum atomic E-state index is 5.66. The van der Waals surface area contributed by atoms with Crippen LogP contribution < -0.4 is 5.32 Å². The molecule has 1 aromatic carbocycles. The van der Waals surface area contributed by atoms with E-state index in [1.54, 1.807) is 0 Å². The lowest BCUT2D eigenvalue weighted by atomic mass is 10.2. The van der Waals surface area contributed by atoms with Crippen molar-refractivity contribution in [3.63, 3.8) is 0 Å². The number of hydrogen-bond donors (Lipinski definition) is 1. The lowest BCUT2D eigenvalue weighted by molar-refractivity contribution is 0.539. The summed E-state index contributed by atoms with van der Waals surface area (Å²) < 4.78 is 5.66. The van der Waals surface area contributed by atoms with Crippen LogP contribution in [0, 0.1) is 6.92 Å². The lowest BCUT2D eigenvalue weighted by Crippen LogP contribution is -2.10. The molecule has 1 aromatic heterocycles. The molecule has 0 spiro atoms. The molecule has 0 unspecified atom stereocenters. The summed E-state index contributed by atoms with van der Waals surface area (Å²) in [6.07, 6.45) is 0.901. The van der Waals surface area contributed by atoms with Gasteiger partial charge >= 0.3 is 0 Å². The van der Waals surface area contributed by atoms with Gasteiger partial charge in [0.05, 0.1) is 5.69 Å². The predicted molar refractivity (Wildman–Crippen MR) is 64.3 cm³/mol. The molecule has 0 aliphatic carbocycles. The molecule has 0 aliphatic rings. The Balaban J connectivity index is 2.24. The Morgan fingerprint density at radius 2 is 2.00 bits per heavy atom. The summed E-state index contributed by atoms with van der Waals surface area (Å²) >= 11 is 0. The second-order valence-corrected chi connectivity index (χ2v) is 3.74. The molecule has 0 amide bonds. The van der Waals surface area contributed by atoms with Crippen molar-refractivity contribution in [2.45, 2.75) is 13.3 Å². The fourth-order valence-corrected chi connectivity index (χ4v) is 1.61. The number of hydrogen-bond acceptors (Lipinski definition) is 3. The van der Waals surface area contributed by atoms with E-state index in [9.17, 15) is 0 Å². The van der Waals surface area contributed by atoms with Crippen molar-refractivity contribution >= 4 is 0 Å². The number of nitrogens with one attached hydrogen (secondary N) is 1. The summed E-state index contributed by atoms with van der Waals surface area (Å²) in [5.41, 5.74) is 2.06. The third-order valence-electron chi connectivity index (χ3n) is 2.53. The molecule has 84 valence electrons. The van der Waals surface area contributed by atoms with Gasteiger partial charge in [-0.1, -0.05) is 18.2 Å². The molecule has 2 aromatic rings. The van der Waals surface area contributed by atoms with E-state index in [-0.39, 0.29) is 0 Å². The molecule has 0 saturated heterocycles. The zero-order valence-electron chi connectivity index (χ0n) is 9.66. The van der Waals surface area contributed by atoms with Gasteiger partial charge in [0.15, 0.2) is 0 Å². The van der Waals surface area contributed by atoms with Crippen LogP contribution in [0.15, 0.2) is 34.7 Å². The van der Waals surface area contributed by atoms with Crippen LogP contribution in [0.5, 0.6) is 0 Å². The van der Waals surface area contributed by atoms with E-state index in [2.05, 4.69) is 10.3 Å². The summed E-state index contributed by atoms with van der Waals surface area (Å²) in [6, 6.07) is 9.98. The Kier molecular flexibility index (Phi) is 3.37. The summed E-state index contributed by atoms with van der Waals surface area (Å²) in [5, 5.41) is 3.11. The quantitative estimate of drug-likeness (QED) is 0.853. The van der Waals surface area contributed by atoms with Crippen LogP contribution in [0.25, 0.3) is 11.5 Å². The van der Waals surface area contributed by atoms with Crippen LogP contribution in [0.1, 0.15) is 11.5 Å². The summed E-state index contributed by atoms with van der Waals surface area (Å²) in [7, 11) is 1.94. The Morgan fingerprint density at radius 3 is 2.69 bits per heavy atom. The van der Waals surface area contributed by atoms with Crippen molar-refractivity contribution in [3.05, 3.63) is 41.8 Å². The second kappa shape index (κ2) is 4.94. The van der Waals surface area contributed by atoms with E-state index in [4.69, 9.17) is 4.42 Å². The normalized spacial score (nSPS) is 10.6. The Bertz CT molecular complexity index is 448. The molecule has 0 fully saturated rings. The van der Waals surface area contributed by atoms with Crippen LogP contribution >= 0.6 is 0 Å². The van der Waals surface area contributed by atoms with Crippen molar-refractivity contribution < 1.29 is 4.42 Å². The molecule has 1 N–H and O–H groups in total. The largest absolute Gasteiger partial charge is 0.441 e. The van der Waals surface area contributed by atoms with E-state index in [0.717, 1.165) is 30.0 Å². The minimum Gasteiger partial charge on any atom is -0.441 e. The molecule has 0 aliphatic heterocycles. The van der Waals surface area contributed by atoms with E-state index < -0.39 is 0 Å². The first-order chi connectivity index (χ1) is 7.81. The van der Waals surface area contributed by atoms with Crippen molar-refractivity contribution in [2.75, 3.05) is 13.6 Å². The fraction of sp³-hybridized carbons (Fsp3) is 0.308. The van der Waals surface area contributed by atoms with Gasteiger partial charge in [0.1, 0.15) is 5.76 Å². The first-order valence-electron chi connectivity index (χ1n) is 5.47. The highest BCUT2D eigenvalue weighted by Gasteiger charge is 2.10. The highest BCUT2D eigenvalue weighted by Crippen LogP contribution is 2.21. The van der Waals surface area contributed by atoms with Crippen LogP contribution in [-0.4, -0.2) is 18.6 Å². The van der Waals surface area contributed by atoms with Crippen molar-refractivity contribution in [2.24, 2.45) is 0 Å². The van der Waals surface area contributed by atoms with E-state index >= 15 is 0 Å². The van der Waals surface area contributed by atoms with Gasteiger partial charge in [0.25, 0.3) is 0 Å². The molecule has 3 heteroatoms. The fourth-order valence-electron chi connectivity index (χ4n) is 1.61. The first-order valence-corrected chi connectivity index (χ1v) is 5.47. The van der Waals surface area contributed by atoms with Gasteiger partial charge in [-0.2, -0.15) is 0 Å². The minimum atomic E-state index is 0.712. The number of rotatable bonds is 4. The third-order valence-corrected chi connectivity index (χ3v) is 2.53. The molecule has 0 radical (unpaired) electrons.